The van der Waals surface area contributed by atoms with Crippen molar-refractivity contribution < 1.29 is 0 Å². The molecule has 90 valence electrons. The van der Waals surface area contributed by atoms with Crippen LogP contribution in [0, 0.1) is 5.92 Å². The Bertz CT molecular complexity index is 313. The van der Waals surface area contributed by atoms with Crippen LogP contribution in [0.2, 0.25) is 0 Å². The molecule has 0 spiro atoms. The van der Waals surface area contributed by atoms with E-state index in [0.717, 1.165) is 12.3 Å². The van der Waals surface area contributed by atoms with Crippen LogP contribution >= 0.6 is 0 Å². The first-order chi connectivity index (χ1) is 7.79. The van der Waals surface area contributed by atoms with Crippen molar-refractivity contribution in [2.24, 2.45) is 13.0 Å². The predicted octanol–water partition coefficient (Wildman–Crippen LogP) is 2.13. The first-order valence-corrected chi connectivity index (χ1v) is 6.44. The van der Waals surface area contributed by atoms with E-state index in [1.165, 1.54) is 37.7 Å². The first-order valence-electron chi connectivity index (χ1n) is 6.44. The quantitative estimate of drug-likeness (QED) is 0.825. The average molecular weight is 221 g/mol. The number of aryl methyl sites for hydroxylation is 2. The number of nitrogens with one attached hydrogen (secondary N) is 1. The summed E-state index contributed by atoms with van der Waals surface area (Å²) in [7, 11) is 4.09. The fourth-order valence-electron chi connectivity index (χ4n) is 2.90. The van der Waals surface area contributed by atoms with Gasteiger partial charge in [-0.15, -0.1) is 0 Å². The Morgan fingerprint density at radius 2 is 2.25 bits per heavy atom. The van der Waals surface area contributed by atoms with Crippen LogP contribution in [0.4, 0.5) is 0 Å². The maximum absolute atomic E-state index is 4.21. The third kappa shape index (κ3) is 2.85. The minimum absolute atomic E-state index is 0.697. The van der Waals surface area contributed by atoms with Crippen LogP contribution < -0.4 is 5.32 Å². The maximum atomic E-state index is 4.21. The molecule has 16 heavy (non-hydrogen) atoms. The highest BCUT2D eigenvalue weighted by atomic mass is 15.2. The molecule has 1 aliphatic carbocycles. The molecule has 1 aromatic rings. The average Bonchev–Trinajstić information content (AvgIpc) is 2.91. The van der Waals surface area contributed by atoms with Gasteiger partial charge >= 0.3 is 0 Å². The molecule has 3 heteroatoms. The summed E-state index contributed by atoms with van der Waals surface area (Å²) in [6.07, 6.45) is 12.2. The summed E-state index contributed by atoms with van der Waals surface area (Å²) in [5.74, 6) is 0.904. The van der Waals surface area contributed by atoms with E-state index < -0.39 is 0 Å². The van der Waals surface area contributed by atoms with E-state index >= 15 is 0 Å². The topological polar surface area (TPSA) is 29.9 Å². The SMILES string of the molecule is CNC(CCc1cnn(C)c1)C1CCCC1. The molecule has 1 unspecified atom stereocenters. The van der Waals surface area contributed by atoms with Crippen LogP contribution in [0.3, 0.4) is 0 Å². The summed E-state index contributed by atoms with van der Waals surface area (Å²) in [5.41, 5.74) is 1.36. The van der Waals surface area contributed by atoms with Gasteiger partial charge in [-0.3, -0.25) is 4.68 Å². The number of nitrogens with zero attached hydrogens (tertiary/aromatic N) is 2. The molecule has 1 atom stereocenters. The van der Waals surface area contributed by atoms with Crippen molar-refractivity contribution in [2.45, 2.75) is 44.6 Å². The molecule has 0 amide bonds. The van der Waals surface area contributed by atoms with Gasteiger partial charge in [0.25, 0.3) is 0 Å². The zero-order valence-electron chi connectivity index (χ0n) is 10.4. The van der Waals surface area contributed by atoms with Crippen LogP contribution in [0.25, 0.3) is 0 Å². The molecule has 1 aliphatic rings. The molecule has 1 heterocycles. The molecule has 2 rings (SSSR count). The highest BCUT2D eigenvalue weighted by molar-refractivity contribution is 5.04. The highest BCUT2D eigenvalue weighted by Gasteiger charge is 2.23. The third-order valence-corrected chi connectivity index (χ3v) is 3.84. The zero-order valence-corrected chi connectivity index (χ0v) is 10.4. The maximum Gasteiger partial charge on any atom is 0.0521 e. The predicted molar refractivity (Wildman–Crippen MR) is 66.3 cm³/mol. The van der Waals surface area contributed by atoms with Crippen molar-refractivity contribution in [3.8, 4) is 0 Å². The normalized spacial score (nSPS) is 19.1. The van der Waals surface area contributed by atoms with Gasteiger partial charge in [0.1, 0.15) is 0 Å². The van der Waals surface area contributed by atoms with Gasteiger partial charge in [0.05, 0.1) is 6.20 Å². The molecular weight excluding hydrogens is 198 g/mol. The summed E-state index contributed by atoms with van der Waals surface area (Å²) in [6, 6.07) is 0.697. The van der Waals surface area contributed by atoms with Crippen molar-refractivity contribution in [3.05, 3.63) is 18.0 Å². The Morgan fingerprint density at radius 1 is 1.50 bits per heavy atom. The Morgan fingerprint density at radius 3 is 2.81 bits per heavy atom. The second-order valence-corrected chi connectivity index (χ2v) is 5.00. The second kappa shape index (κ2) is 5.48. The molecule has 1 saturated carbocycles. The summed E-state index contributed by atoms with van der Waals surface area (Å²) in [4.78, 5) is 0. The van der Waals surface area contributed by atoms with Gasteiger partial charge in [0, 0.05) is 19.3 Å². The lowest BCUT2D eigenvalue weighted by Gasteiger charge is -2.22. The molecule has 0 radical (unpaired) electrons. The van der Waals surface area contributed by atoms with E-state index in [1.807, 2.05) is 17.9 Å². The van der Waals surface area contributed by atoms with Crippen LogP contribution in [-0.2, 0) is 13.5 Å². The number of hydrogen-bond acceptors (Lipinski definition) is 2. The second-order valence-electron chi connectivity index (χ2n) is 5.00. The smallest absolute Gasteiger partial charge is 0.0521 e. The van der Waals surface area contributed by atoms with Crippen molar-refractivity contribution in [3.63, 3.8) is 0 Å². The van der Waals surface area contributed by atoms with Gasteiger partial charge in [-0.1, -0.05) is 12.8 Å². The van der Waals surface area contributed by atoms with Crippen LogP contribution in [0.5, 0.6) is 0 Å². The number of rotatable bonds is 5. The summed E-state index contributed by atoms with van der Waals surface area (Å²) >= 11 is 0. The Balaban J connectivity index is 1.82. The van der Waals surface area contributed by atoms with E-state index in [4.69, 9.17) is 0 Å². The minimum Gasteiger partial charge on any atom is -0.317 e. The molecule has 3 nitrogen and oxygen atoms in total. The monoisotopic (exact) mass is 221 g/mol. The van der Waals surface area contributed by atoms with E-state index in [2.05, 4.69) is 23.7 Å². The Labute approximate surface area is 98.2 Å². The van der Waals surface area contributed by atoms with E-state index in [0.29, 0.717) is 6.04 Å². The molecule has 0 aromatic carbocycles. The third-order valence-electron chi connectivity index (χ3n) is 3.84. The fourth-order valence-corrected chi connectivity index (χ4v) is 2.90. The van der Waals surface area contributed by atoms with Crippen molar-refractivity contribution >= 4 is 0 Å². The lowest BCUT2D eigenvalue weighted by atomic mass is 9.93. The Kier molecular flexibility index (Phi) is 3.99. The van der Waals surface area contributed by atoms with Crippen molar-refractivity contribution in [1.82, 2.24) is 15.1 Å². The van der Waals surface area contributed by atoms with E-state index in [-0.39, 0.29) is 0 Å². The lowest BCUT2D eigenvalue weighted by Crippen LogP contribution is -2.32. The zero-order chi connectivity index (χ0) is 11.4. The molecule has 1 N–H and O–H groups in total. The van der Waals surface area contributed by atoms with Crippen LogP contribution in [0.15, 0.2) is 12.4 Å². The molecule has 0 saturated heterocycles. The van der Waals surface area contributed by atoms with E-state index in [1.54, 1.807) is 0 Å². The molecular formula is C13H23N3. The molecule has 1 aromatic heterocycles. The lowest BCUT2D eigenvalue weighted by molar-refractivity contribution is 0.360. The van der Waals surface area contributed by atoms with Gasteiger partial charge in [0.15, 0.2) is 0 Å². The summed E-state index contributed by atoms with van der Waals surface area (Å²) < 4.78 is 1.89. The molecule has 0 aliphatic heterocycles. The first kappa shape index (κ1) is 11.6. The minimum atomic E-state index is 0.697. The number of hydrogen-bond donors (Lipinski definition) is 1. The van der Waals surface area contributed by atoms with Gasteiger partial charge in [-0.05, 0) is 44.2 Å². The Hall–Kier alpha value is -0.830. The van der Waals surface area contributed by atoms with E-state index in [9.17, 15) is 0 Å². The van der Waals surface area contributed by atoms with Gasteiger partial charge < -0.3 is 5.32 Å². The van der Waals surface area contributed by atoms with Crippen LogP contribution in [-0.4, -0.2) is 22.9 Å². The van der Waals surface area contributed by atoms with Crippen LogP contribution in [0.1, 0.15) is 37.7 Å². The van der Waals surface area contributed by atoms with Gasteiger partial charge in [0.2, 0.25) is 0 Å². The molecule has 1 fully saturated rings. The fraction of sp³-hybridized carbons (Fsp3) is 0.769. The highest BCUT2D eigenvalue weighted by Crippen LogP contribution is 2.29. The number of aromatic nitrogens is 2. The van der Waals surface area contributed by atoms with Gasteiger partial charge in [-0.2, -0.15) is 5.10 Å². The summed E-state index contributed by atoms with van der Waals surface area (Å²) in [5, 5.41) is 7.71. The van der Waals surface area contributed by atoms with Crippen molar-refractivity contribution in [2.75, 3.05) is 7.05 Å². The van der Waals surface area contributed by atoms with Crippen molar-refractivity contribution in [1.29, 1.82) is 0 Å². The summed E-state index contributed by atoms with van der Waals surface area (Å²) in [6.45, 7) is 0. The van der Waals surface area contributed by atoms with Gasteiger partial charge in [-0.25, -0.2) is 0 Å². The largest absolute Gasteiger partial charge is 0.317 e. The molecule has 0 bridgehead atoms. The standard InChI is InChI=1S/C13H23N3/c1-14-13(12-5-3-4-6-12)8-7-11-9-15-16(2)10-11/h9-10,12-14H,3-8H2,1-2H3.